The molecule has 0 aliphatic carbocycles. The van der Waals surface area contributed by atoms with Crippen molar-refractivity contribution in [1.82, 2.24) is 19.4 Å². The van der Waals surface area contributed by atoms with Gasteiger partial charge in [-0.2, -0.15) is 0 Å². The van der Waals surface area contributed by atoms with Gasteiger partial charge in [-0.1, -0.05) is 6.07 Å². The second-order valence-electron chi connectivity index (χ2n) is 8.29. The van der Waals surface area contributed by atoms with Gasteiger partial charge in [-0.3, -0.25) is 9.88 Å². The fourth-order valence-corrected chi connectivity index (χ4v) is 4.49. The van der Waals surface area contributed by atoms with Crippen molar-refractivity contribution in [3.8, 4) is 16.9 Å². The highest BCUT2D eigenvalue weighted by Gasteiger charge is 2.28. The molecule has 4 rings (SSSR count). The predicted octanol–water partition coefficient (Wildman–Crippen LogP) is 3.30. The number of rotatable bonds is 6. The first-order chi connectivity index (χ1) is 14.4. The lowest BCUT2D eigenvalue weighted by Crippen LogP contribution is -2.19. The molecule has 1 aliphatic heterocycles. The molecule has 0 unspecified atom stereocenters. The molecule has 0 saturated carbocycles. The zero-order valence-corrected chi connectivity index (χ0v) is 17.7. The van der Waals surface area contributed by atoms with Gasteiger partial charge in [0.05, 0.1) is 11.1 Å². The van der Waals surface area contributed by atoms with Gasteiger partial charge in [0.15, 0.2) is 0 Å². The molecule has 0 spiro atoms. The van der Waals surface area contributed by atoms with E-state index in [1.165, 1.54) is 0 Å². The van der Waals surface area contributed by atoms with Crippen LogP contribution in [0, 0.1) is 0 Å². The van der Waals surface area contributed by atoms with E-state index in [2.05, 4.69) is 9.88 Å². The standard InChI is InChI=1S/C23H28N4O3/c1-25(2)14-19-21(23(29)30)20-17(13-27-9-4-5-10-27)22(28)16(11-18(20)26(19)3)15-7-6-8-24-12-15/h6-8,11-12,28H,4-5,9-10,13-14H2,1-3H3,(H,29,30). The van der Waals surface area contributed by atoms with Gasteiger partial charge < -0.3 is 19.7 Å². The summed E-state index contributed by atoms with van der Waals surface area (Å²) in [6.45, 7) is 2.94. The molecule has 0 bridgehead atoms. The summed E-state index contributed by atoms with van der Waals surface area (Å²) < 4.78 is 1.95. The van der Waals surface area contributed by atoms with Crippen molar-refractivity contribution in [2.45, 2.75) is 25.9 Å². The average molecular weight is 409 g/mol. The lowest BCUT2D eigenvalue weighted by Gasteiger charge is -2.19. The van der Waals surface area contributed by atoms with Gasteiger partial charge in [0.2, 0.25) is 0 Å². The molecule has 1 aliphatic rings. The number of phenols is 1. The Kier molecular flexibility index (Phi) is 5.49. The number of pyridine rings is 1. The summed E-state index contributed by atoms with van der Waals surface area (Å²) in [5, 5.41) is 22.1. The Hall–Kier alpha value is -2.90. The molecule has 1 aromatic carbocycles. The largest absolute Gasteiger partial charge is 0.507 e. The molecule has 1 saturated heterocycles. The Morgan fingerprint density at radius 3 is 2.60 bits per heavy atom. The van der Waals surface area contributed by atoms with E-state index in [-0.39, 0.29) is 11.3 Å². The maximum Gasteiger partial charge on any atom is 0.338 e. The van der Waals surface area contributed by atoms with E-state index >= 15 is 0 Å². The number of benzene rings is 1. The first kappa shape index (κ1) is 20.4. The van der Waals surface area contributed by atoms with Crippen molar-refractivity contribution in [3.05, 3.63) is 47.4 Å². The number of aromatic nitrogens is 2. The predicted molar refractivity (Wildman–Crippen MR) is 117 cm³/mol. The Balaban J connectivity index is 2.04. The first-order valence-corrected chi connectivity index (χ1v) is 10.2. The number of aromatic carboxylic acids is 1. The van der Waals surface area contributed by atoms with Crippen LogP contribution in [0.1, 0.15) is 34.5 Å². The number of aryl methyl sites for hydroxylation is 1. The number of carboxylic acid groups (broad SMARTS) is 1. The molecular weight excluding hydrogens is 380 g/mol. The van der Waals surface area contributed by atoms with Crippen LogP contribution in [-0.4, -0.2) is 62.7 Å². The summed E-state index contributed by atoms with van der Waals surface area (Å²) in [5.41, 5.74) is 4.00. The van der Waals surface area contributed by atoms with Crippen LogP contribution in [0.25, 0.3) is 22.0 Å². The molecule has 3 heterocycles. The van der Waals surface area contributed by atoms with Crippen LogP contribution < -0.4 is 0 Å². The smallest absolute Gasteiger partial charge is 0.338 e. The monoisotopic (exact) mass is 408 g/mol. The molecule has 3 aromatic rings. The number of phenolic OH excluding ortho intramolecular Hbond substituents is 1. The molecule has 0 radical (unpaired) electrons. The van der Waals surface area contributed by atoms with E-state index in [1.54, 1.807) is 12.4 Å². The summed E-state index contributed by atoms with van der Waals surface area (Å²) >= 11 is 0. The highest BCUT2D eigenvalue weighted by Crippen LogP contribution is 2.42. The number of hydrogen-bond donors (Lipinski definition) is 2. The van der Waals surface area contributed by atoms with Gasteiger partial charge in [-0.15, -0.1) is 0 Å². The van der Waals surface area contributed by atoms with Crippen LogP contribution in [0.15, 0.2) is 30.6 Å². The highest BCUT2D eigenvalue weighted by molar-refractivity contribution is 6.08. The average Bonchev–Trinajstić information content (AvgIpc) is 3.31. The van der Waals surface area contributed by atoms with E-state index in [0.717, 1.165) is 42.7 Å². The van der Waals surface area contributed by atoms with Gasteiger partial charge in [0, 0.05) is 60.3 Å². The first-order valence-electron chi connectivity index (χ1n) is 10.2. The van der Waals surface area contributed by atoms with E-state index in [0.29, 0.717) is 29.6 Å². The van der Waals surface area contributed by atoms with Crippen LogP contribution in [0.5, 0.6) is 5.75 Å². The number of carbonyl (C=O) groups is 1. The van der Waals surface area contributed by atoms with Crippen LogP contribution in [-0.2, 0) is 20.1 Å². The summed E-state index contributed by atoms with van der Waals surface area (Å²) in [6, 6.07) is 5.64. The number of fused-ring (bicyclic) bond motifs is 1. The molecule has 158 valence electrons. The van der Waals surface area contributed by atoms with Crippen molar-refractivity contribution in [1.29, 1.82) is 0 Å². The number of hydrogen-bond acceptors (Lipinski definition) is 5. The van der Waals surface area contributed by atoms with E-state index < -0.39 is 5.97 Å². The Morgan fingerprint density at radius 2 is 2.00 bits per heavy atom. The van der Waals surface area contributed by atoms with E-state index in [1.807, 2.05) is 48.8 Å². The minimum absolute atomic E-state index is 0.145. The molecule has 30 heavy (non-hydrogen) atoms. The summed E-state index contributed by atoms with van der Waals surface area (Å²) in [7, 11) is 5.75. The zero-order chi connectivity index (χ0) is 21.4. The minimum Gasteiger partial charge on any atom is -0.507 e. The normalized spacial score (nSPS) is 14.8. The number of nitrogens with zero attached hydrogens (tertiary/aromatic N) is 4. The Labute approximate surface area is 176 Å². The molecule has 7 heteroatoms. The molecule has 7 nitrogen and oxygen atoms in total. The van der Waals surface area contributed by atoms with Gasteiger partial charge >= 0.3 is 5.97 Å². The molecule has 0 atom stereocenters. The van der Waals surface area contributed by atoms with Gasteiger partial charge in [0.1, 0.15) is 5.75 Å². The fraction of sp³-hybridized carbons (Fsp3) is 0.391. The van der Waals surface area contributed by atoms with Crippen LogP contribution in [0.3, 0.4) is 0 Å². The minimum atomic E-state index is -0.964. The fourth-order valence-electron chi connectivity index (χ4n) is 4.49. The Morgan fingerprint density at radius 1 is 1.27 bits per heavy atom. The molecule has 1 fully saturated rings. The number of aromatic hydroxyl groups is 1. The lowest BCUT2D eigenvalue weighted by molar-refractivity contribution is 0.0696. The van der Waals surface area contributed by atoms with Crippen molar-refractivity contribution < 1.29 is 15.0 Å². The van der Waals surface area contributed by atoms with Gasteiger partial charge in [-0.25, -0.2) is 4.79 Å². The van der Waals surface area contributed by atoms with Crippen LogP contribution in [0.2, 0.25) is 0 Å². The van der Waals surface area contributed by atoms with Gasteiger partial charge in [-0.05, 0) is 52.2 Å². The van der Waals surface area contributed by atoms with Crippen LogP contribution >= 0.6 is 0 Å². The summed E-state index contributed by atoms with van der Waals surface area (Å²) in [4.78, 5) is 20.8. The number of carboxylic acids is 1. The quantitative estimate of drug-likeness (QED) is 0.651. The van der Waals surface area contributed by atoms with E-state index in [9.17, 15) is 15.0 Å². The van der Waals surface area contributed by atoms with Crippen molar-refractivity contribution in [3.63, 3.8) is 0 Å². The summed E-state index contributed by atoms with van der Waals surface area (Å²) in [5.74, 6) is -0.819. The summed E-state index contributed by atoms with van der Waals surface area (Å²) in [6.07, 6.45) is 5.67. The topological polar surface area (TPSA) is 81.8 Å². The maximum atomic E-state index is 12.3. The maximum absolute atomic E-state index is 12.3. The molecular formula is C23H28N4O3. The number of likely N-dealkylation sites (tertiary alicyclic amines) is 1. The second-order valence-corrected chi connectivity index (χ2v) is 8.29. The lowest BCUT2D eigenvalue weighted by atomic mass is 9.96. The zero-order valence-electron chi connectivity index (χ0n) is 17.7. The third kappa shape index (κ3) is 3.55. The molecule has 2 N–H and O–H groups in total. The van der Waals surface area contributed by atoms with Crippen LogP contribution in [0.4, 0.5) is 0 Å². The Bertz CT molecular complexity index is 1080. The third-order valence-corrected chi connectivity index (χ3v) is 5.92. The highest BCUT2D eigenvalue weighted by atomic mass is 16.4. The van der Waals surface area contributed by atoms with E-state index in [4.69, 9.17) is 0 Å². The second kappa shape index (κ2) is 8.08. The molecule has 2 aromatic heterocycles. The van der Waals surface area contributed by atoms with Crippen molar-refractivity contribution in [2.24, 2.45) is 7.05 Å². The van der Waals surface area contributed by atoms with Crippen molar-refractivity contribution >= 4 is 16.9 Å². The third-order valence-electron chi connectivity index (χ3n) is 5.92. The molecule has 0 amide bonds. The van der Waals surface area contributed by atoms with Crippen molar-refractivity contribution in [2.75, 3.05) is 27.2 Å². The van der Waals surface area contributed by atoms with Gasteiger partial charge in [0.25, 0.3) is 0 Å². The SMILES string of the molecule is CN(C)Cc1c(C(=O)O)c2c(CN3CCCC3)c(O)c(-c3cccnc3)cc2n1C.